The number of amides is 1. The van der Waals surface area contributed by atoms with E-state index in [-0.39, 0.29) is 22.7 Å². The van der Waals surface area contributed by atoms with E-state index in [1.165, 1.54) is 17.1 Å². The van der Waals surface area contributed by atoms with Crippen LogP contribution in [0.4, 0.5) is 11.4 Å². The highest BCUT2D eigenvalue weighted by Crippen LogP contribution is 2.36. The van der Waals surface area contributed by atoms with Crippen molar-refractivity contribution >= 4 is 46.3 Å². The van der Waals surface area contributed by atoms with Crippen LogP contribution >= 0.6 is 11.6 Å². The second-order valence-electron chi connectivity index (χ2n) is 6.94. The zero-order valence-electron chi connectivity index (χ0n) is 16.8. The molecule has 0 spiro atoms. The number of benzene rings is 3. The molecular formula is C23H17ClN4O4. The minimum absolute atomic E-state index is 0.0950. The van der Waals surface area contributed by atoms with Crippen molar-refractivity contribution < 1.29 is 19.8 Å². The molecule has 9 heteroatoms. The maximum Gasteiger partial charge on any atom is 0.335 e. The molecule has 0 saturated carbocycles. The fraction of sp³-hybridized carbons (Fsp3) is 0.0435. The number of phenols is 1. The first-order valence-corrected chi connectivity index (χ1v) is 9.88. The Hall–Kier alpha value is -4.17. The molecule has 3 aromatic rings. The Bertz CT molecular complexity index is 1290. The summed E-state index contributed by atoms with van der Waals surface area (Å²) in [7, 11) is 0. The van der Waals surface area contributed by atoms with E-state index >= 15 is 0 Å². The van der Waals surface area contributed by atoms with Gasteiger partial charge in [0.2, 0.25) is 0 Å². The number of hydrogen-bond donors (Lipinski definition) is 3. The van der Waals surface area contributed by atoms with Crippen LogP contribution < -0.4 is 10.4 Å². The number of hydrogen-bond acceptors (Lipinski definition) is 6. The number of rotatable bonds is 5. The van der Waals surface area contributed by atoms with Crippen molar-refractivity contribution in [3.63, 3.8) is 0 Å². The maximum absolute atomic E-state index is 12.8. The molecule has 0 atom stereocenters. The molecule has 0 bridgehead atoms. The number of anilines is 2. The fourth-order valence-corrected chi connectivity index (χ4v) is 3.31. The minimum Gasteiger partial charge on any atom is -0.505 e. The van der Waals surface area contributed by atoms with Crippen LogP contribution in [0.15, 0.2) is 76.9 Å². The van der Waals surface area contributed by atoms with Gasteiger partial charge in [0.15, 0.2) is 5.71 Å². The van der Waals surface area contributed by atoms with E-state index in [1.54, 1.807) is 61.5 Å². The van der Waals surface area contributed by atoms with Gasteiger partial charge in [-0.2, -0.15) is 15.2 Å². The largest absolute Gasteiger partial charge is 0.505 e. The molecule has 32 heavy (non-hydrogen) atoms. The third-order valence-electron chi connectivity index (χ3n) is 4.80. The molecule has 1 heterocycles. The molecule has 0 fully saturated rings. The molecule has 3 aromatic carbocycles. The third kappa shape index (κ3) is 4.03. The van der Waals surface area contributed by atoms with Gasteiger partial charge in [0.05, 0.1) is 22.6 Å². The van der Waals surface area contributed by atoms with E-state index < -0.39 is 11.9 Å². The lowest BCUT2D eigenvalue weighted by atomic mass is 10.0. The maximum atomic E-state index is 12.8. The van der Waals surface area contributed by atoms with Crippen LogP contribution in [0, 0.1) is 0 Å². The van der Waals surface area contributed by atoms with Crippen molar-refractivity contribution in [1.82, 2.24) is 0 Å². The Morgan fingerprint density at radius 1 is 1.09 bits per heavy atom. The monoisotopic (exact) mass is 448 g/mol. The second-order valence-corrected chi connectivity index (χ2v) is 7.38. The minimum atomic E-state index is -1.06. The van der Waals surface area contributed by atoms with Crippen molar-refractivity contribution in [2.75, 3.05) is 10.4 Å². The lowest BCUT2D eigenvalue weighted by molar-refractivity contribution is -0.112. The number of carbonyl (C=O) groups excluding carboxylic acids is 1. The van der Waals surface area contributed by atoms with Crippen molar-refractivity contribution in [3.05, 3.63) is 77.3 Å². The van der Waals surface area contributed by atoms with Gasteiger partial charge in [-0.25, -0.2) is 4.79 Å². The molecular weight excluding hydrogens is 432 g/mol. The van der Waals surface area contributed by atoms with Crippen LogP contribution in [-0.4, -0.2) is 33.5 Å². The fourth-order valence-electron chi connectivity index (χ4n) is 3.19. The number of carboxylic acids is 1. The summed E-state index contributed by atoms with van der Waals surface area (Å²) < 4.78 is 0. The van der Waals surface area contributed by atoms with Gasteiger partial charge in [-0.1, -0.05) is 35.9 Å². The number of aromatic hydroxyl groups is 1. The molecule has 0 radical (unpaired) electrons. The Balaban J connectivity index is 1.60. The number of halogens is 1. The first kappa shape index (κ1) is 21.1. The van der Waals surface area contributed by atoms with Gasteiger partial charge in [0, 0.05) is 10.6 Å². The van der Waals surface area contributed by atoms with E-state index in [0.717, 1.165) is 0 Å². The number of aromatic carboxylic acids is 1. The molecule has 0 aliphatic carbocycles. The van der Waals surface area contributed by atoms with Gasteiger partial charge in [0.25, 0.3) is 0 Å². The zero-order chi connectivity index (χ0) is 22.8. The van der Waals surface area contributed by atoms with Crippen LogP contribution in [0.1, 0.15) is 17.3 Å². The molecule has 1 aliphatic rings. The third-order valence-corrected chi connectivity index (χ3v) is 5.06. The second kappa shape index (κ2) is 8.52. The summed E-state index contributed by atoms with van der Waals surface area (Å²) in [5, 5.41) is 30.1. The highest BCUT2D eigenvalue weighted by atomic mass is 35.5. The lowest BCUT2D eigenvalue weighted by Gasteiger charge is -2.12. The number of carboxylic acid groups (broad SMARTS) is 1. The Morgan fingerprint density at radius 3 is 2.53 bits per heavy atom. The number of para-hydroxylation sites is 1. The highest BCUT2D eigenvalue weighted by Gasteiger charge is 2.30. The van der Waals surface area contributed by atoms with E-state index in [0.29, 0.717) is 27.5 Å². The van der Waals surface area contributed by atoms with Gasteiger partial charge in [-0.3, -0.25) is 10.2 Å². The molecule has 0 unspecified atom stereocenters. The quantitative estimate of drug-likeness (QED) is 0.389. The number of nitrogens with zero attached hydrogens (tertiary/aromatic N) is 3. The van der Waals surface area contributed by atoms with Gasteiger partial charge >= 0.3 is 11.9 Å². The molecule has 4 rings (SSSR count). The summed E-state index contributed by atoms with van der Waals surface area (Å²) in [6.45, 7) is 1.65. The topological polar surface area (TPSA) is 115 Å². The molecule has 160 valence electrons. The molecule has 3 N–H and O–H groups in total. The highest BCUT2D eigenvalue weighted by molar-refractivity contribution is 6.71. The normalized spacial score (nSPS) is 14.6. The number of carbonyl (C=O) groups is 2. The molecule has 1 aliphatic heterocycles. The number of hydrazone groups is 2. The van der Waals surface area contributed by atoms with Crippen molar-refractivity contribution in [2.45, 2.75) is 6.92 Å². The SMILES string of the molecule is CC1=NN(c2ccc(Cl)cc2)C(=O)/C1=N\Nc1cccc(-c2cccc(C(=O)O)c2)c1O. The van der Waals surface area contributed by atoms with Crippen molar-refractivity contribution in [1.29, 1.82) is 0 Å². The predicted molar refractivity (Wildman–Crippen MR) is 124 cm³/mol. The zero-order valence-corrected chi connectivity index (χ0v) is 17.5. The first-order chi connectivity index (χ1) is 15.3. The molecule has 8 nitrogen and oxygen atoms in total. The smallest absolute Gasteiger partial charge is 0.335 e. The van der Waals surface area contributed by atoms with E-state index in [2.05, 4.69) is 15.6 Å². The summed E-state index contributed by atoms with van der Waals surface area (Å²) in [6, 6.07) is 17.8. The molecule has 1 amide bonds. The Labute approximate surface area is 188 Å². The van der Waals surface area contributed by atoms with Gasteiger partial charge < -0.3 is 10.2 Å². The van der Waals surface area contributed by atoms with Crippen LogP contribution in [0.25, 0.3) is 11.1 Å². The van der Waals surface area contributed by atoms with E-state index in [9.17, 15) is 19.8 Å². The predicted octanol–water partition coefficient (Wildman–Crippen LogP) is 4.60. The molecule has 0 aromatic heterocycles. The molecule has 0 saturated heterocycles. The number of phenolic OH excluding ortho intramolecular Hbond substituents is 1. The van der Waals surface area contributed by atoms with Gasteiger partial charge in [0.1, 0.15) is 5.75 Å². The summed E-state index contributed by atoms with van der Waals surface area (Å²) in [5.74, 6) is -1.62. The summed E-state index contributed by atoms with van der Waals surface area (Å²) in [6.07, 6.45) is 0. The van der Waals surface area contributed by atoms with Crippen LogP contribution in [-0.2, 0) is 4.79 Å². The Kier molecular flexibility index (Phi) is 5.61. The lowest BCUT2D eigenvalue weighted by Crippen LogP contribution is -2.27. The van der Waals surface area contributed by atoms with Crippen molar-refractivity contribution in [3.8, 4) is 16.9 Å². The van der Waals surface area contributed by atoms with E-state index in [1.807, 2.05) is 0 Å². The Morgan fingerprint density at radius 2 is 1.81 bits per heavy atom. The standard InChI is InChI=1S/C23H17ClN4O4/c1-13-20(22(30)28(27-13)17-10-8-16(24)9-11-17)26-25-19-7-3-6-18(21(19)29)14-4-2-5-15(12-14)23(31)32/h2-12,25,29H,1H3,(H,31,32)/b26-20-. The van der Waals surface area contributed by atoms with Crippen molar-refractivity contribution in [2.24, 2.45) is 10.2 Å². The van der Waals surface area contributed by atoms with Crippen LogP contribution in [0.5, 0.6) is 5.75 Å². The first-order valence-electron chi connectivity index (χ1n) is 9.50. The summed E-state index contributed by atoms with van der Waals surface area (Å²) >= 11 is 5.90. The summed E-state index contributed by atoms with van der Waals surface area (Å²) in [5.41, 5.74) is 5.07. The van der Waals surface area contributed by atoms with Crippen LogP contribution in [0.2, 0.25) is 5.02 Å². The van der Waals surface area contributed by atoms with Gasteiger partial charge in [-0.05, 0) is 55.0 Å². The average Bonchev–Trinajstić information content (AvgIpc) is 3.07. The van der Waals surface area contributed by atoms with E-state index in [4.69, 9.17) is 11.6 Å². The van der Waals surface area contributed by atoms with Gasteiger partial charge in [-0.15, -0.1) is 0 Å². The van der Waals surface area contributed by atoms with Crippen LogP contribution in [0.3, 0.4) is 0 Å². The number of nitrogens with one attached hydrogen (secondary N) is 1. The average molecular weight is 449 g/mol. The summed E-state index contributed by atoms with van der Waals surface area (Å²) in [4.78, 5) is 24.0.